The van der Waals surface area contributed by atoms with E-state index in [1.807, 2.05) is 0 Å². The van der Waals surface area contributed by atoms with Gasteiger partial charge in [0.25, 0.3) is 0 Å². The Hall–Kier alpha value is -1.04. The molecule has 0 aromatic rings. The van der Waals surface area contributed by atoms with Gasteiger partial charge in [-0.1, -0.05) is 12.8 Å². The Balaban J connectivity index is 2.04. The maximum absolute atomic E-state index is 11.0. The SMILES string of the molecule is CSC1CCCCC1N=C1NC(=O)C(=O)N1. The number of guanidine groups is 1. The van der Waals surface area contributed by atoms with Gasteiger partial charge in [-0.05, 0) is 19.1 Å². The van der Waals surface area contributed by atoms with E-state index in [9.17, 15) is 9.59 Å². The van der Waals surface area contributed by atoms with Crippen LogP contribution < -0.4 is 10.6 Å². The van der Waals surface area contributed by atoms with Gasteiger partial charge in [0.2, 0.25) is 5.96 Å². The van der Waals surface area contributed by atoms with Gasteiger partial charge in [0, 0.05) is 5.25 Å². The van der Waals surface area contributed by atoms with E-state index in [0.29, 0.717) is 11.2 Å². The summed E-state index contributed by atoms with van der Waals surface area (Å²) in [5.41, 5.74) is 0. The van der Waals surface area contributed by atoms with E-state index in [4.69, 9.17) is 0 Å². The molecule has 2 aliphatic rings. The predicted octanol–water partition coefficient (Wildman–Crippen LogP) is 0.263. The van der Waals surface area contributed by atoms with Gasteiger partial charge < -0.3 is 0 Å². The van der Waals surface area contributed by atoms with Crippen LogP contribution in [0.4, 0.5) is 0 Å². The highest BCUT2D eigenvalue weighted by Crippen LogP contribution is 2.29. The Labute approximate surface area is 98.5 Å². The minimum atomic E-state index is -0.615. The molecule has 5 nitrogen and oxygen atoms in total. The first-order chi connectivity index (χ1) is 7.70. The fourth-order valence-electron chi connectivity index (χ4n) is 2.09. The lowest BCUT2D eigenvalue weighted by atomic mass is 9.95. The number of nitrogens with zero attached hydrogens (tertiary/aromatic N) is 1. The number of aliphatic imine (C=N–C) groups is 1. The number of carbonyl (C=O) groups excluding carboxylic acids is 2. The van der Waals surface area contributed by atoms with Crippen molar-refractivity contribution in [2.24, 2.45) is 4.99 Å². The number of carbonyl (C=O) groups is 2. The van der Waals surface area contributed by atoms with Gasteiger partial charge in [-0.3, -0.25) is 20.2 Å². The third-order valence-electron chi connectivity index (χ3n) is 2.94. The average molecular weight is 241 g/mol. The fourth-order valence-corrected chi connectivity index (χ4v) is 3.00. The molecule has 2 N–H and O–H groups in total. The van der Waals surface area contributed by atoms with Crippen LogP contribution in [0.25, 0.3) is 0 Å². The van der Waals surface area contributed by atoms with Gasteiger partial charge in [-0.2, -0.15) is 11.8 Å². The number of amides is 2. The molecule has 16 heavy (non-hydrogen) atoms. The van der Waals surface area contributed by atoms with Crippen molar-refractivity contribution in [1.29, 1.82) is 0 Å². The fraction of sp³-hybridized carbons (Fsp3) is 0.700. The Kier molecular flexibility index (Phi) is 3.48. The summed E-state index contributed by atoms with van der Waals surface area (Å²) < 4.78 is 0. The number of rotatable bonds is 2. The van der Waals surface area contributed by atoms with Gasteiger partial charge >= 0.3 is 11.8 Å². The van der Waals surface area contributed by atoms with Gasteiger partial charge in [0.15, 0.2) is 0 Å². The lowest BCUT2D eigenvalue weighted by Gasteiger charge is -2.27. The van der Waals surface area contributed by atoms with Crippen molar-refractivity contribution >= 4 is 29.5 Å². The van der Waals surface area contributed by atoms with Crippen LogP contribution in [-0.2, 0) is 9.59 Å². The van der Waals surface area contributed by atoms with Crippen LogP contribution in [0, 0.1) is 0 Å². The van der Waals surface area contributed by atoms with Gasteiger partial charge in [0.1, 0.15) is 0 Å². The molecule has 0 aromatic heterocycles. The minimum absolute atomic E-state index is 0.206. The first-order valence-corrected chi connectivity index (χ1v) is 6.72. The summed E-state index contributed by atoms with van der Waals surface area (Å²) in [6.45, 7) is 0. The molecule has 1 heterocycles. The number of nitrogens with one attached hydrogen (secondary N) is 2. The first kappa shape index (κ1) is 11.4. The second-order valence-electron chi connectivity index (χ2n) is 4.01. The van der Waals surface area contributed by atoms with Crippen LogP contribution in [0.5, 0.6) is 0 Å². The lowest BCUT2D eigenvalue weighted by molar-refractivity contribution is -0.135. The molecular weight excluding hydrogens is 226 g/mol. The van der Waals surface area contributed by atoms with Crippen molar-refractivity contribution in [2.75, 3.05) is 6.26 Å². The van der Waals surface area contributed by atoms with E-state index < -0.39 is 11.8 Å². The highest BCUT2D eigenvalue weighted by atomic mass is 32.2. The molecular formula is C10H15N3O2S. The van der Waals surface area contributed by atoms with Gasteiger partial charge in [-0.15, -0.1) is 0 Å². The molecule has 2 atom stereocenters. The molecule has 1 aliphatic carbocycles. The van der Waals surface area contributed by atoms with Crippen molar-refractivity contribution in [1.82, 2.24) is 10.6 Å². The van der Waals surface area contributed by atoms with Gasteiger partial charge in [0.05, 0.1) is 6.04 Å². The molecule has 2 amide bonds. The summed E-state index contributed by atoms with van der Waals surface area (Å²) in [7, 11) is 0. The van der Waals surface area contributed by atoms with Gasteiger partial charge in [-0.25, -0.2) is 4.99 Å². The third kappa shape index (κ3) is 2.37. The molecule has 2 fully saturated rings. The van der Waals surface area contributed by atoms with E-state index in [0.717, 1.165) is 12.8 Å². The van der Waals surface area contributed by atoms with Crippen molar-refractivity contribution in [3.8, 4) is 0 Å². The summed E-state index contributed by atoms with van der Waals surface area (Å²) in [6.07, 6.45) is 6.67. The Bertz CT molecular complexity index is 325. The first-order valence-electron chi connectivity index (χ1n) is 5.43. The Morgan fingerprint density at radius 3 is 2.44 bits per heavy atom. The summed E-state index contributed by atoms with van der Waals surface area (Å²) in [5, 5.41) is 5.37. The van der Waals surface area contributed by atoms with Crippen LogP contribution in [0.2, 0.25) is 0 Å². The molecule has 0 spiro atoms. The van der Waals surface area contributed by atoms with Crippen LogP contribution >= 0.6 is 11.8 Å². The molecule has 1 saturated heterocycles. The number of hydrogen-bond donors (Lipinski definition) is 2. The second-order valence-corrected chi connectivity index (χ2v) is 5.09. The molecule has 0 bridgehead atoms. The minimum Gasteiger partial charge on any atom is -0.288 e. The molecule has 1 saturated carbocycles. The smallest absolute Gasteiger partial charge is 0.288 e. The largest absolute Gasteiger partial charge is 0.316 e. The number of hydrogen-bond acceptors (Lipinski definition) is 4. The van der Waals surface area contributed by atoms with E-state index in [1.54, 1.807) is 11.8 Å². The van der Waals surface area contributed by atoms with Crippen molar-refractivity contribution in [3.05, 3.63) is 0 Å². The summed E-state index contributed by atoms with van der Waals surface area (Å²) >= 11 is 1.81. The molecule has 0 aromatic carbocycles. The van der Waals surface area contributed by atoms with Crippen molar-refractivity contribution in [2.45, 2.75) is 37.0 Å². The lowest BCUT2D eigenvalue weighted by Crippen LogP contribution is -2.32. The van der Waals surface area contributed by atoms with Crippen molar-refractivity contribution in [3.63, 3.8) is 0 Å². The maximum Gasteiger partial charge on any atom is 0.316 e. The molecule has 2 unspecified atom stereocenters. The average Bonchev–Trinajstić information content (AvgIpc) is 2.59. The highest BCUT2D eigenvalue weighted by Gasteiger charge is 2.29. The standard InChI is InChI=1S/C10H15N3O2S/c1-16-7-5-3-2-4-6(7)11-10-12-8(14)9(15)13-10/h6-7H,2-5H2,1H3,(H2,11,12,13,14,15). The Morgan fingerprint density at radius 1 is 1.19 bits per heavy atom. The zero-order chi connectivity index (χ0) is 11.5. The molecule has 0 radical (unpaired) electrons. The van der Waals surface area contributed by atoms with Crippen LogP contribution in [0.15, 0.2) is 4.99 Å². The summed E-state index contributed by atoms with van der Waals surface area (Å²) in [4.78, 5) is 26.4. The zero-order valence-electron chi connectivity index (χ0n) is 9.16. The predicted molar refractivity (Wildman–Crippen MR) is 63.3 cm³/mol. The van der Waals surface area contributed by atoms with Crippen LogP contribution in [-0.4, -0.2) is 35.3 Å². The Morgan fingerprint density at radius 2 is 1.81 bits per heavy atom. The highest BCUT2D eigenvalue weighted by molar-refractivity contribution is 7.99. The second kappa shape index (κ2) is 4.86. The van der Waals surface area contributed by atoms with Crippen LogP contribution in [0.1, 0.15) is 25.7 Å². The van der Waals surface area contributed by atoms with Crippen LogP contribution in [0.3, 0.4) is 0 Å². The van der Waals surface area contributed by atoms with E-state index in [-0.39, 0.29) is 6.04 Å². The molecule has 88 valence electrons. The summed E-state index contributed by atoms with van der Waals surface area (Å²) in [5.74, 6) is -0.911. The summed E-state index contributed by atoms with van der Waals surface area (Å²) in [6, 6.07) is 0.206. The monoisotopic (exact) mass is 241 g/mol. The normalized spacial score (nSPS) is 29.9. The molecule has 1 aliphatic heterocycles. The number of thioether (sulfide) groups is 1. The van der Waals surface area contributed by atoms with Crippen molar-refractivity contribution < 1.29 is 9.59 Å². The third-order valence-corrected chi connectivity index (χ3v) is 4.09. The topological polar surface area (TPSA) is 70.6 Å². The zero-order valence-corrected chi connectivity index (χ0v) is 9.97. The molecule has 6 heteroatoms. The van der Waals surface area contributed by atoms with E-state index in [1.165, 1.54) is 12.8 Å². The van der Waals surface area contributed by atoms with E-state index in [2.05, 4.69) is 21.9 Å². The van der Waals surface area contributed by atoms with E-state index >= 15 is 0 Å². The quantitative estimate of drug-likeness (QED) is 0.681. The maximum atomic E-state index is 11.0. The molecule has 2 rings (SSSR count).